The monoisotopic (exact) mass is 174 g/mol. The fraction of sp³-hybridized carbons (Fsp3) is 0.100. The number of nitrogens with two attached hydrogens (primary N) is 1. The molecule has 2 aromatic rings. The van der Waals surface area contributed by atoms with E-state index in [0.717, 1.165) is 17.0 Å². The number of nitrogens with zero attached hydrogens (tertiary/aromatic N) is 1. The van der Waals surface area contributed by atoms with Crippen LogP contribution in [0.2, 0.25) is 0 Å². The third kappa shape index (κ3) is 1.46. The molecule has 13 heavy (non-hydrogen) atoms. The van der Waals surface area contributed by atoms with Gasteiger partial charge in [0.25, 0.3) is 0 Å². The molecule has 2 rings (SSSR count). The van der Waals surface area contributed by atoms with E-state index in [2.05, 4.69) is 4.98 Å². The molecule has 0 saturated heterocycles. The highest BCUT2D eigenvalue weighted by Crippen LogP contribution is 2.21. The summed E-state index contributed by atoms with van der Waals surface area (Å²) in [6.45, 7) is 0.402. The molecule has 0 bridgehead atoms. The Morgan fingerprint density at radius 2 is 2.23 bits per heavy atom. The largest absolute Gasteiger partial charge is 0.467 e. The Morgan fingerprint density at radius 1 is 1.31 bits per heavy atom. The third-order valence-electron chi connectivity index (χ3n) is 1.87. The van der Waals surface area contributed by atoms with Crippen molar-refractivity contribution >= 4 is 0 Å². The molecule has 0 fully saturated rings. The molecule has 3 nitrogen and oxygen atoms in total. The lowest BCUT2D eigenvalue weighted by molar-refractivity contribution is 0.513. The molecule has 0 aliphatic carbocycles. The highest BCUT2D eigenvalue weighted by molar-refractivity contribution is 5.60. The smallest absolute Gasteiger partial charge is 0.126 e. The predicted molar refractivity (Wildman–Crippen MR) is 49.8 cm³/mol. The summed E-state index contributed by atoms with van der Waals surface area (Å²) in [6.07, 6.45) is 3.38. The number of hydrogen-bond donors (Lipinski definition) is 1. The molecular weight excluding hydrogens is 164 g/mol. The first-order valence-corrected chi connectivity index (χ1v) is 4.09. The molecule has 3 heteroatoms. The van der Waals surface area contributed by atoms with E-state index in [4.69, 9.17) is 10.2 Å². The minimum atomic E-state index is 0.402. The number of pyridine rings is 1. The van der Waals surface area contributed by atoms with Gasteiger partial charge in [-0.15, -0.1) is 0 Å². The summed E-state index contributed by atoms with van der Waals surface area (Å²) < 4.78 is 5.20. The van der Waals surface area contributed by atoms with E-state index in [-0.39, 0.29) is 0 Å². The van der Waals surface area contributed by atoms with Crippen molar-refractivity contribution in [3.05, 3.63) is 42.5 Å². The summed E-state index contributed by atoms with van der Waals surface area (Å²) in [5, 5.41) is 0. The minimum Gasteiger partial charge on any atom is -0.467 e. The van der Waals surface area contributed by atoms with Gasteiger partial charge in [-0.05, 0) is 18.2 Å². The number of rotatable bonds is 2. The Bertz CT molecular complexity index is 381. The lowest BCUT2D eigenvalue weighted by Crippen LogP contribution is -1.96. The molecule has 2 heterocycles. The van der Waals surface area contributed by atoms with E-state index in [1.807, 2.05) is 24.3 Å². The average Bonchev–Trinajstić information content (AvgIpc) is 2.67. The van der Waals surface area contributed by atoms with Crippen LogP contribution in [0.1, 0.15) is 5.76 Å². The molecule has 0 atom stereocenters. The van der Waals surface area contributed by atoms with E-state index in [9.17, 15) is 0 Å². The van der Waals surface area contributed by atoms with Crippen LogP contribution in [0, 0.1) is 0 Å². The minimum absolute atomic E-state index is 0.402. The van der Waals surface area contributed by atoms with Gasteiger partial charge in [-0.1, -0.05) is 6.07 Å². The molecule has 2 N–H and O–H groups in total. The molecule has 0 aromatic carbocycles. The topological polar surface area (TPSA) is 52.0 Å². The second-order valence-corrected chi connectivity index (χ2v) is 2.68. The van der Waals surface area contributed by atoms with Crippen molar-refractivity contribution in [1.82, 2.24) is 4.98 Å². The highest BCUT2D eigenvalue weighted by atomic mass is 16.3. The van der Waals surface area contributed by atoms with E-state index >= 15 is 0 Å². The maximum absolute atomic E-state index is 5.51. The van der Waals surface area contributed by atoms with Crippen molar-refractivity contribution in [2.45, 2.75) is 6.54 Å². The van der Waals surface area contributed by atoms with Gasteiger partial charge < -0.3 is 10.2 Å². The first-order valence-electron chi connectivity index (χ1n) is 4.09. The zero-order chi connectivity index (χ0) is 9.10. The first kappa shape index (κ1) is 8.01. The zero-order valence-corrected chi connectivity index (χ0v) is 7.10. The van der Waals surface area contributed by atoms with Gasteiger partial charge in [0.1, 0.15) is 5.76 Å². The normalized spacial score (nSPS) is 10.2. The van der Waals surface area contributed by atoms with E-state index in [0.29, 0.717) is 6.54 Å². The fourth-order valence-corrected chi connectivity index (χ4v) is 1.25. The van der Waals surface area contributed by atoms with Crippen molar-refractivity contribution in [3.63, 3.8) is 0 Å². The van der Waals surface area contributed by atoms with Crippen LogP contribution in [0.4, 0.5) is 0 Å². The zero-order valence-electron chi connectivity index (χ0n) is 7.10. The number of furan rings is 1. The van der Waals surface area contributed by atoms with E-state index in [1.54, 1.807) is 12.5 Å². The lowest BCUT2D eigenvalue weighted by atomic mass is 10.1. The molecule has 0 saturated carbocycles. The van der Waals surface area contributed by atoms with Crippen molar-refractivity contribution in [1.29, 1.82) is 0 Å². The van der Waals surface area contributed by atoms with Crippen molar-refractivity contribution in [3.8, 4) is 11.3 Å². The summed E-state index contributed by atoms with van der Waals surface area (Å²) in [5.74, 6) is 0.777. The van der Waals surface area contributed by atoms with Crippen LogP contribution in [0.5, 0.6) is 0 Å². The maximum atomic E-state index is 5.51. The lowest BCUT2D eigenvalue weighted by Gasteiger charge is -1.97. The molecule has 0 spiro atoms. The molecule has 2 aromatic heterocycles. The standard InChI is InChI=1S/C10H10N2O/c11-7-10-8(4-6-13-10)9-3-1-2-5-12-9/h1-6H,7,11H2. The Hall–Kier alpha value is -1.61. The van der Waals surface area contributed by atoms with Crippen molar-refractivity contribution in [2.24, 2.45) is 5.73 Å². The Balaban J connectivity index is 2.47. The van der Waals surface area contributed by atoms with Crippen LogP contribution < -0.4 is 5.73 Å². The van der Waals surface area contributed by atoms with E-state index in [1.165, 1.54) is 0 Å². The van der Waals surface area contributed by atoms with Crippen LogP contribution in [-0.4, -0.2) is 4.98 Å². The second kappa shape index (κ2) is 3.41. The highest BCUT2D eigenvalue weighted by Gasteiger charge is 2.06. The maximum Gasteiger partial charge on any atom is 0.126 e. The fourth-order valence-electron chi connectivity index (χ4n) is 1.25. The van der Waals surface area contributed by atoms with Gasteiger partial charge in [0.15, 0.2) is 0 Å². The van der Waals surface area contributed by atoms with Gasteiger partial charge in [-0.3, -0.25) is 4.98 Å². The van der Waals surface area contributed by atoms with Gasteiger partial charge in [0, 0.05) is 11.8 Å². The molecule has 0 radical (unpaired) electrons. The molecule has 0 aliphatic heterocycles. The van der Waals surface area contributed by atoms with Crippen LogP contribution in [0.25, 0.3) is 11.3 Å². The number of hydrogen-bond acceptors (Lipinski definition) is 3. The van der Waals surface area contributed by atoms with Crippen LogP contribution >= 0.6 is 0 Å². The van der Waals surface area contributed by atoms with Crippen molar-refractivity contribution < 1.29 is 4.42 Å². The van der Waals surface area contributed by atoms with Gasteiger partial charge in [-0.25, -0.2) is 0 Å². The van der Waals surface area contributed by atoms with Crippen LogP contribution in [0.3, 0.4) is 0 Å². The second-order valence-electron chi connectivity index (χ2n) is 2.68. The summed E-state index contributed by atoms with van der Waals surface area (Å²) in [4.78, 5) is 4.21. The summed E-state index contributed by atoms with van der Waals surface area (Å²) >= 11 is 0. The van der Waals surface area contributed by atoms with Gasteiger partial charge in [0.2, 0.25) is 0 Å². The van der Waals surface area contributed by atoms with Crippen LogP contribution in [-0.2, 0) is 6.54 Å². The summed E-state index contributed by atoms with van der Waals surface area (Å²) in [7, 11) is 0. The Kier molecular flexibility index (Phi) is 2.10. The Morgan fingerprint density at radius 3 is 2.92 bits per heavy atom. The molecule has 66 valence electrons. The molecule has 0 aliphatic rings. The molecular formula is C10H10N2O. The Labute approximate surface area is 76.2 Å². The predicted octanol–water partition coefficient (Wildman–Crippen LogP) is 1.80. The SMILES string of the molecule is NCc1occc1-c1ccccn1. The quantitative estimate of drug-likeness (QED) is 0.755. The number of aromatic nitrogens is 1. The average molecular weight is 174 g/mol. The molecule has 0 unspecified atom stereocenters. The van der Waals surface area contributed by atoms with Gasteiger partial charge in [-0.2, -0.15) is 0 Å². The van der Waals surface area contributed by atoms with Crippen molar-refractivity contribution in [2.75, 3.05) is 0 Å². The summed E-state index contributed by atoms with van der Waals surface area (Å²) in [5.41, 5.74) is 7.39. The van der Waals surface area contributed by atoms with Gasteiger partial charge >= 0.3 is 0 Å². The molecule has 0 amide bonds. The third-order valence-corrected chi connectivity index (χ3v) is 1.87. The summed E-state index contributed by atoms with van der Waals surface area (Å²) in [6, 6.07) is 7.63. The van der Waals surface area contributed by atoms with E-state index < -0.39 is 0 Å². The van der Waals surface area contributed by atoms with Gasteiger partial charge in [0.05, 0.1) is 18.5 Å². The van der Waals surface area contributed by atoms with Crippen LogP contribution in [0.15, 0.2) is 41.1 Å². The first-order chi connectivity index (χ1) is 6.42.